The van der Waals surface area contributed by atoms with Gasteiger partial charge in [0.05, 0.1) is 24.0 Å². The molecule has 4 rings (SSSR count). The average Bonchev–Trinajstić information content (AvgIpc) is 3.12. The molecule has 2 heterocycles. The molecule has 0 radical (unpaired) electrons. The molecule has 1 aromatic heterocycles. The van der Waals surface area contributed by atoms with Crippen LogP contribution in [0.4, 0.5) is 0 Å². The predicted octanol–water partition coefficient (Wildman–Crippen LogP) is 2.85. The highest BCUT2D eigenvalue weighted by molar-refractivity contribution is 7.90. The lowest BCUT2D eigenvalue weighted by molar-refractivity contribution is 0.0391. The Labute approximate surface area is 172 Å². The summed E-state index contributed by atoms with van der Waals surface area (Å²) >= 11 is 0. The number of hydrogen-bond donors (Lipinski definition) is 0. The molecule has 0 bridgehead atoms. The van der Waals surface area contributed by atoms with Gasteiger partial charge in [0.2, 0.25) is 0 Å². The van der Waals surface area contributed by atoms with Gasteiger partial charge in [0, 0.05) is 31.0 Å². The van der Waals surface area contributed by atoms with Crippen molar-refractivity contribution in [1.82, 2.24) is 14.5 Å². The Morgan fingerprint density at radius 3 is 2.83 bits per heavy atom. The van der Waals surface area contributed by atoms with E-state index in [1.165, 1.54) is 25.7 Å². The number of carbonyl (C=O) groups excluding carboxylic acids is 1. The van der Waals surface area contributed by atoms with Gasteiger partial charge in [0.25, 0.3) is 5.91 Å². The number of rotatable bonds is 6. The largest absolute Gasteiger partial charge is 0.364 e. The van der Waals surface area contributed by atoms with Crippen molar-refractivity contribution in [1.29, 1.82) is 0 Å². The lowest BCUT2D eigenvalue weighted by Crippen LogP contribution is -2.49. The van der Waals surface area contributed by atoms with Gasteiger partial charge in [-0.3, -0.25) is 4.79 Å². The normalized spacial score (nSPS) is 22.6. The maximum atomic E-state index is 13.2. The van der Waals surface area contributed by atoms with E-state index in [-0.39, 0.29) is 18.5 Å². The van der Waals surface area contributed by atoms with Gasteiger partial charge in [-0.1, -0.05) is 12.8 Å². The van der Waals surface area contributed by atoms with Crippen molar-refractivity contribution in [3.63, 3.8) is 0 Å². The Morgan fingerprint density at radius 1 is 1.21 bits per heavy atom. The van der Waals surface area contributed by atoms with Crippen molar-refractivity contribution in [2.75, 3.05) is 25.3 Å². The molecule has 29 heavy (non-hydrogen) atoms. The quantitative estimate of drug-likeness (QED) is 0.673. The van der Waals surface area contributed by atoms with E-state index in [0.717, 1.165) is 36.7 Å². The maximum absolute atomic E-state index is 13.2. The van der Waals surface area contributed by atoms with Gasteiger partial charge in [-0.2, -0.15) is 0 Å². The molecular formula is C21H29N3O4S. The van der Waals surface area contributed by atoms with Gasteiger partial charge in [0.15, 0.2) is 9.84 Å². The average molecular weight is 420 g/mol. The molecule has 1 aliphatic carbocycles. The van der Waals surface area contributed by atoms with Crippen molar-refractivity contribution in [3.05, 3.63) is 30.1 Å². The number of benzene rings is 1. The number of ether oxygens (including phenoxy) is 1. The molecule has 1 amide bonds. The van der Waals surface area contributed by atoms with Crippen molar-refractivity contribution < 1.29 is 17.9 Å². The van der Waals surface area contributed by atoms with Crippen LogP contribution in [0.5, 0.6) is 0 Å². The number of likely N-dealkylation sites (tertiary alicyclic amines) is 1. The topological polar surface area (TPSA) is 81.5 Å². The zero-order chi connectivity index (χ0) is 20.4. The number of nitrogens with zero attached hydrogens (tertiary/aromatic N) is 3. The number of piperidine rings is 1. The first-order chi connectivity index (χ1) is 13.9. The van der Waals surface area contributed by atoms with Gasteiger partial charge in [0.1, 0.15) is 5.94 Å². The summed E-state index contributed by atoms with van der Waals surface area (Å²) in [6, 6.07) is 6.07. The second-order valence-electron chi connectivity index (χ2n) is 8.35. The molecule has 7 nitrogen and oxygen atoms in total. The van der Waals surface area contributed by atoms with Crippen LogP contribution >= 0.6 is 0 Å². The fraction of sp³-hybridized carbons (Fsp3) is 0.619. The molecule has 8 heteroatoms. The van der Waals surface area contributed by atoms with Crippen LogP contribution in [-0.4, -0.2) is 60.2 Å². The third-order valence-electron chi connectivity index (χ3n) is 6.15. The molecular weight excluding hydrogens is 390 g/mol. The Hall–Kier alpha value is -1.93. The molecule has 2 atom stereocenters. The highest BCUT2D eigenvalue weighted by atomic mass is 32.2. The van der Waals surface area contributed by atoms with Crippen LogP contribution in [0.3, 0.4) is 0 Å². The minimum atomic E-state index is -3.13. The van der Waals surface area contributed by atoms with Gasteiger partial charge in [-0.25, -0.2) is 13.4 Å². The van der Waals surface area contributed by atoms with Crippen LogP contribution in [0.25, 0.3) is 11.0 Å². The first-order valence-electron chi connectivity index (χ1n) is 10.4. The summed E-state index contributed by atoms with van der Waals surface area (Å²) in [6.45, 7) is 1.65. The highest BCUT2D eigenvalue weighted by Gasteiger charge is 2.36. The number of imidazole rings is 1. The number of hydrogen-bond acceptors (Lipinski definition) is 5. The van der Waals surface area contributed by atoms with Crippen molar-refractivity contribution >= 4 is 26.8 Å². The van der Waals surface area contributed by atoms with Crippen LogP contribution < -0.4 is 0 Å². The summed E-state index contributed by atoms with van der Waals surface area (Å²) in [5.41, 5.74) is 2.39. The summed E-state index contributed by atoms with van der Waals surface area (Å²) in [4.78, 5) is 19.8. The summed E-state index contributed by atoms with van der Waals surface area (Å²) < 4.78 is 29.4. The number of fused-ring (bicyclic) bond motifs is 2. The zero-order valence-corrected chi connectivity index (χ0v) is 17.7. The van der Waals surface area contributed by atoms with E-state index in [2.05, 4.69) is 9.88 Å². The van der Waals surface area contributed by atoms with Crippen LogP contribution in [0, 0.1) is 5.92 Å². The number of amides is 1. The lowest BCUT2D eigenvalue weighted by atomic mass is 9.78. The molecule has 2 aliphatic rings. The maximum Gasteiger partial charge on any atom is 0.254 e. The van der Waals surface area contributed by atoms with Crippen LogP contribution in [-0.2, 0) is 21.1 Å². The second kappa shape index (κ2) is 8.44. The monoisotopic (exact) mass is 419 g/mol. The Balaban J connectivity index is 1.45. The molecule has 1 aliphatic heterocycles. The van der Waals surface area contributed by atoms with Gasteiger partial charge >= 0.3 is 0 Å². The summed E-state index contributed by atoms with van der Waals surface area (Å²) in [5, 5.41) is 0. The third-order valence-corrected chi connectivity index (χ3v) is 6.74. The molecule has 1 saturated carbocycles. The van der Waals surface area contributed by atoms with Crippen molar-refractivity contribution in [2.45, 2.75) is 51.1 Å². The minimum Gasteiger partial charge on any atom is -0.364 e. The SMILES string of the molecule is CS(=O)(=O)COCCn1cnc2cc(C(=O)N3CCCC4CCCCC43)ccc21. The molecule has 158 valence electrons. The zero-order valence-electron chi connectivity index (χ0n) is 16.9. The standard InChI is InChI=1S/C21H29N3O4S/c1-29(26,27)15-28-12-11-23-14-22-18-13-17(8-9-20(18)23)21(25)24-10-4-6-16-5-2-3-7-19(16)24/h8-9,13-14,16,19H,2-7,10-12,15H2,1H3. The number of aromatic nitrogens is 2. The lowest BCUT2D eigenvalue weighted by Gasteiger charge is -2.44. The first kappa shape index (κ1) is 20.3. The van der Waals surface area contributed by atoms with E-state index in [9.17, 15) is 13.2 Å². The van der Waals surface area contributed by atoms with Crippen LogP contribution in [0.15, 0.2) is 24.5 Å². The van der Waals surface area contributed by atoms with E-state index < -0.39 is 9.84 Å². The van der Waals surface area contributed by atoms with Gasteiger partial charge in [-0.15, -0.1) is 0 Å². The van der Waals surface area contributed by atoms with Gasteiger partial charge < -0.3 is 14.2 Å². The van der Waals surface area contributed by atoms with E-state index >= 15 is 0 Å². The number of carbonyl (C=O) groups is 1. The smallest absolute Gasteiger partial charge is 0.254 e. The van der Waals surface area contributed by atoms with E-state index in [1.807, 2.05) is 22.8 Å². The molecule has 2 unspecified atom stereocenters. The van der Waals surface area contributed by atoms with E-state index in [0.29, 0.717) is 24.1 Å². The minimum absolute atomic E-state index is 0.120. The van der Waals surface area contributed by atoms with Crippen LogP contribution in [0.1, 0.15) is 48.9 Å². The highest BCUT2D eigenvalue weighted by Crippen LogP contribution is 2.36. The fourth-order valence-corrected chi connectivity index (χ4v) is 5.21. The molecule has 1 saturated heterocycles. The fourth-order valence-electron chi connectivity index (χ4n) is 4.79. The summed E-state index contributed by atoms with van der Waals surface area (Å²) in [5.74, 6) is 0.502. The molecule has 2 fully saturated rings. The first-order valence-corrected chi connectivity index (χ1v) is 12.5. The molecule has 0 spiro atoms. The molecule has 0 N–H and O–H groups in total. The Morgan fingerprint density at radius 2 is 2.00 bits per heavy atom. The Kier molecular flexibility index (Phi) is 5.92. The molecule has 2 aromatic rings. The molecule has 1 aromatic carbocycles. The predicted molar refractivity (Wildman–Crippen MR) is 111 cm³/mol. The third kappa shape index (κ3) is 4.64. The van der Waals surface area contributed by atoms with Crippen LogP contribution in [0.2, 0.25) is 0 Å². The van der Waals surface area contributed by atoms with Crippen molar-refractivity contribution in [3.8, 4) is 0 Å². The summed E-state index contributed by atoms with van der Waals surface area (Å²) in [7, 11) is -3.13. The van der Waals surface area contributed by atoms with E-state index in [4.69, 9.17) is 4.74 Å². The Bertz CT molecular complexity index is 983. The second-order valence-corrected chi connectivity index (χ2v) is 10.4. The number of sulfone groups is 1. The van der Waals surface area contributed by atoms with E-state index in [1.54, 1.807) is 6.33 Å². The summed E-state index contributed by atoms with van der Waals surface area (Å²) in [6.07, 6.45) is 10.1. The van der Waals surface area contributed by atoms with Gasteiger partial charge in [-0.05, 0) is 49.8 Å². The van der Waals surface area contributed by atoms with Crippen molar-refractivity contribution in [2.24, 2.45) is 5.92 Å².